The van der Waals surface area contributed by atoms with E-state index in [-0.39, 0.29) is 12.1 Å². The number of thiophene rings is 1. The van der Waals surface area contributed by atoms with E-state index in [1.165, 1.54) is 33.0 Å². The summed E-state index contributed by atoms with van der Waals surface area (Å²) in [5.41, 5.74) is 0.909. The molecule has 4 heteroatoms. The highest BCUT2D eigenvalue weighted by molar-refractivity contribution is 7.25. The Bertz CT molecular complexity index is 987. The monoisotopic (exact) mass is 325 g/mol. The maximum absolute atomic E-state index is 13.7. The summed E-state index contributed by atoms with van der Waals surface area (Å²) in [5.74, 6) is -1.06. The quantitative estimate of drug-likeness (QED) is 0.491. The van der Waals surface area contributed by atoms with Crippen LogP contribution in [0.1, 0.15) is 5.56 Å². The van der Waals surface area contributed by atoms with Gasteiger partial charge in [-0.15, -0.1) is 11.3 Å². The van der Waals surface area contributed by atoms with Gasteiger partial charge in [0, 0.05) is 38.0 Å². The van der Waals surface area contributed by atoms with Crippen LogP contribution in [0.4, 0.5) is 14.5 Å². The fourth-order valence-corrected chi connectivity index (χ4v) is 3.81. The van der Waals surface area contributed by atoms with Crippen LogP contribution in [0.2, 0.25) is 0 Å². The number of fused-ring (bicyclic) bond motifs is 3. The van der Waals surface area contributed by atoms with Crippen LogP contribution in [0.25, 0.3) is 20.2 Å². The third-order valence-electron chi connectivity index (χ3n) is 3.91. The number of rotatable bonds is 3. The van der Waals surface area contributed by atoms with Crippen LogP contribution in [0.5, 0.6) is 0 Å². The van der Waals surface area contributed by atoms with Gasteiger partial charge in [-0.3, -0.25) is 0 Å². The Hall–Kier alpha value is -2.46. The van der Waals surface area contributed by atoms with Gasteiger partial charge >= 0.3 is 0 Å². The Morgan fingerprint density at radius 2 is 1.52 bits per heavy atom. The maximum Gasteiger partial charge on any atom is 0.131 e. The van der Waals surface area contributed by atoms with Crippen LogP contribution >= 0.6 is 11.3 Å². The SMILES string of the molecule is Fc1cccc(F)c1CNc1ccc2sc3ccccc3c2c1. The van der Waals surface area contributed by atoms with Gasteiger partial charge in [0.15, 0.2) is 0 Å². The summed E-state index contributed by atoms with van der Waals surface area (Å²) >= 11 is 1.74. The molecule has 23 heavy (non-hydrogen) atoms. The lowest BCUT2D eigenvalue weighted by Gasteiger charge is -2.08. The van der Waals surface area contributed by atoms with Gasteiger partial charge in [-0.1, -0.05) is 24.3 Å². The van der Waals surface area contributed by atoms with Crippen molar-refractivity contribution in [1.29, 1.82) is 0 Å². The van der Waals surface area contributed by atoms with Crippen LogP contribution in [0.15, 0.2) is 60.7 Å². The molecular formula is C19H13F2NS. The highest BCUT2D eigenvalue weighted by Crippen LogP contribution is 2.35. The summed E-state index contributed by atoms with van der Waals surface area (Å²) < 4.78 is 29.8. The Morgan fingerprint density at radius 3 is 2.35 bits per heavy atom. The minimum Gasteiger partial charge on any atom is -0.381 e. The Morgan fingerprint density at radius 1 is 0.783 bits per heavy atom. The molecule has 0 amide bonds. The summed E-state index contributed by atoms with van der Waals surface area (Å²) in [6.45, 7) is 0.117. The molecule has 0 saturated carbocycles. The summed E-state index contributed by atoms with van der Waals surface area (Å²) in [6, 6.07) is 18.2. The molecule has 0 radical (unpaired) electrons. The second-order valence-corrected chi connectivity index (χ2v) is 6.45. The molecule has 3 aromatic carbocycles. The largest absolute Gasteiger partial charge is 0.381 e. The molecule has 1 N–H and O–H groups in total. The van der Waals surface area contributed by atoms with Crippen LogP contribution in [-0.2, 0) is 6.54 Å². The normalized spacial score (nSPS) is 11.2. The van der Waals surface area contributed by atoms with E-state index in [0.717, 1.165) is 11.1 Å². The zero-order chi connectivity index (χ0) is 15.8. The average Bonchev–Trinajstić information content (AvgIpc) is 2.92. The van der Waals surface area contributed by atoms with E-state index in [1.807, 2.05) is 30.3 Å². The van der Waals surface area contributed by atoms with Gasteiger partial charge in [0.1, 0.15) is 11.6 Å². The molecule has 0 unspecified atom stereocenters. The lowest BCUT2D eigenvalue weighted by molar-refractivity contribution is 0.560. The fraction of sp³-hybridized carbons (Fsp3) is 0.0526. The van der Waals surface area contributed by atoms with Gasteiger partial charge < -0.3 is 5.32 Å². The minimum atomic E-state index is -0.528. The topological polar surface area (TPSA) is 12.0 Å². The molecule has 0 aliphatic rings. The van der Waals surface area contributed by atoms with Crippen molar-refractivity contribution in [2.75, 3.05) is 5.32 Å². The van der Waals surface area contributed by atoms with Crippen molar-refractivity contribution in [3.63, 3.8) is 0 Å². The molecule has 4 rings (SSSR count). The van der Waals surface area contributed by atoms with Crippen LogP contribution < -0.4 is 5.32 Å². The molecule has 0 aliphatic heterocycles. The van der Waals surface area contributed by atoms with Crippen LogP contribution in [-0.4, -0.2) is 0 Å². The maximum atomic E-state index is 13.7. The molecule has 1 aromatic heterocycles. The zero-order valence-corrected chi connectivity index (χ0v) is 13.0. The van der Waals surface area contributed by atoms with E-state index in [9.17, 15) is 8.78 Å². The van der Waals surface area contributed by atoms with Crippen molar-refractivity contribution in [2.45, 2.75) is 6.54 Å². The molecule has 0 spiro atoms. The predicted molar refractivity (Wildman–Crippen MR) is 93.0 cm³/mol. The van der Waals surface area contributed by atoms with Crippen LogP contribution in [0, 0.1) is 11.6 Å². The fourth-order valence-electron chi connectivity index (χ4n) is 2.73. The predicted octanol–water partition coefficient (Wildman–Crippen LogP) is 5.94. The highest BCUT2D eigenvalue weighted by Gasteiger charge is 2.09. The first-order valence-electron chi connectivity index (χ1n) is 7.30. The number of hydrogen-bond donors (Lipinski definition) is 1. The number of nitrogens with one attached hydrogen (secondary N) is 1. The first-order valence-corrected chi connectivity index (χ1v) is 8.12. The van der Waals surface area contributed by atoms with E-state index in [4.69, 9.17) is 0 Å². The molecular weight excluding hydrogens is 312 g/mol. The van der Waals surface area contributed by atoms with Gasteiger partial charge in [0.25, 0.3) is 0 Å². The van der Waals surface area contributed by atoms with Gasteiger partial charge in [-0.05, 0) is 36.4 Å². The van der Waals surface area contributed by atoms with E-state index >= 15 is 0 Å². The van der Waals surface area contributed by atoms with Crippen molar-refractivity contribution < 1.29 is 8.78 Å². The number of benzene rings is 3. The molecule has 0 fully saturated rings. The minimum absolute atomic E-state index is 0.0581. The van der Waals surface area contributed by atoms with E-state index < -0.39 is 11.6 Å². The molecule has 0 saturated heterocycles. The lowest BCUT2D eigenvalue weighted by Crippen LogP contribution is -2.04. The molecule has 0 aliphatic carbocycles. The van der Waals surface area contributed by atoms with Crippen LogP contribution in [0.3, 0.4) is 0 Å². The molecule has 1 nitrogen and oxygen atoms in total. The van der Waals surface area contributed by atoms with Gasteiger partial charge in [0.2, 0.25) is 0 Å². The second kappa shape index (κ2) is 5.63. The molecule has 0 bridgehead atoms. The average molecular weight is 325 g/mol. The van der Waals surface area contributed by atoms with E-state index in [1.54, 1.807) is 11.3 Å². The molecule has 114 valence electrons. The standard InChI is InChI=1S/C19H13F2NS/c20-16-5-3-6-17(21)15(16)11-22-12-8-9-19-14(10-12)13-4-1-2-7-18(13)23-19/h1-10,22H,11H2. The van der Waals surface area contributed by atoms with E-state index in [0.29, 0.717) is 0 Å². The summed E-state index contributed by atoms with van der Waals surface area (Å²) in [5, 5.41) is 5.47. The van der Waals surface area contributed by atoms with Gasteiger partial charge in [-0.25, -0.2) is 8.78 Å². The number of hydrogen-bond acceptors (Lipinski definition) is 2. The second-order valence-electron chi connectivity index (χ2n) is 5.36. The summed E-state index contributed by atoms with van der Waals surface area (Å²) in [6.07, 6.45) is 0. The Labute approximate surface area is 136 Å². The smallest absolute Gasteiger partial charge is 0.131 e. The van der Waals surface area contributed by atoms with Crippen molar-refractivity contribution in [3.05, 3.63) is 77.9 Å². The van der Waals surface area contributed by atoms with Crippen molar-refractivity contribution in [3.8, 4) is 0 Å². The van der Waals surface area contributed by atoms with Gasteiger partial charge in [-0.2, -0.15) is 0 Å². The Balaban J connectivity index is 1.68. The molecule has 0 atom stereocenters. The number of halogens is 2. The van der Waals surface area contributed by atoms with Gasteiger partial charge in [0.05, 0.1) is 0 Å². The lowest BCUT2D eigenvalue weighted by atomic mass is 10.1. The van der Waals surface area contributed by atoms with Crippen molar-refractivity contribution >= 4 is 37.2 Å². The third kappa shape index (κ3) is 2.55. The highest BCUT2D eigenvalue weighted by atomic mass is 32.1. The summed E-state index contributed by atoms with van der Waals surface area (Å²) in [4.78, 5) is 0. The summed E-state index contributed by atoms with van der Waals surface area (Å²) in [7, 11) is 0. The Kier molecular flexibility index (Phi) is 3.46. The molecule has 4 aromatic rings. The first kappa shape index (κ1) is 14.2. The van der Waals surface area contributed by atoms with E-state index in [2.05, 4.69) is 17.4 Å². The first-order chi connectivity index (χ1) is 11.2. The van der Waals surface area contributed by atoms with Crippen molar-refractivity contribution in [1.82, 2.24) is 0 Å². The van der Waals surface area contributed by atoms with Crippen molar-refractivity contribution in [2.24, 2.45) is 0 Å². The third-order valence-corrected chi connectivity index (χ3v) is 5.06. The number of anilines is 1. The molecule has 1 heterocycles. The zero-order valence-electron chi connectivity index (χ0n) is 12.1.